The fourth-order valence-corrected chi connectivity index (χ4v) is 3.05. The van der Waals surface area contributed by atoms with E-state index in [4.69, 9.17) is 21.8 Å². The third-order valence-corrected chi connectivity index (χ3v) is 4.39. The van der Waals surface area contributed by atoms with Crippen LogP contribution in [-0.2, 0) is 18.3 Å². The van der Waals surface area contributed by atoms with Crippen LogP contribution in [-0.4, -0.2) is 33.8 Å². The second kappa shape index (κ2) is 15.0. The van der Waals surface area contributed by atoms with Crippen LogP contribution in [0.3, 0.4) is 0 Å². The Balaban J connectivity index is 0. The van der Waals surface area contributed by atoms with Crippen LogP contribution in [0.1, 0.15) is 43.2 Å². The summed E-state index contributed by atoms with van der Waals surface area (Å²) in [7, 11) is 2.56. The lowest BCUT2D eigenvalue weighted by molar-refractivity contribution is -0.107. The molecule has 0 saturated carbocycles. The van der Waals surface area contributed by atoms with Crippen molar-refractivity contribution in [2.24, 2.45) is 7.05 Å². The quantitative estimate of drug-likeness (QED) is 0.478. The molecule has 180 valence electrons. The number of halogens is 2. The molecule has 1 aromatic heterocycles. The molecule has 0 saturated heterocycles. The van der Waals surface area contributed by atoms with Crippen LogP contribution in [0.15, 0.2) is 30.1 Å². The van der Waals surface area contributed by atoms with Crippen molar-refractivity contribution in [3.8, 4) is 24.0 Å². The maximum atomic E-state index is 14.3. The van der Waals surface area contributed by atoms with Crippen LogP contribution in [0.4, 0.5) is 4.39 Å². The molecule has 33 heavy (non-hydrogen) atoms. The first-order chi connectivity index (χ1) is 15.4. The molecule has 0 aliphatic rings. The van der Waals surface area contributed by atoms with Crippen LogP contribution in [0.5, 0.6) is 0 Å². The lowest BCUT2D eigenvalue weighted by atomic mass is 9.92. The number of rotatable bonds is 5. The molecule has 0 amide bonds. The zero-order valence-corrected chi connectivity index (χ0v) is 20.8. The van der Waals surface area contributed by atoms with E-state index in [2.05, 4.69) is 26.0 Å². The minimum Gasteiger partial charge on any atom is -0.400 e. The van der Waals surface area contributed by atoms with Gasteiger partial charge in [-0.3, -0.25) is 4.79 Å². The summed E-state index contributed by atoms with van der Waals surface area (Å²) in [5.74, 6) is -0.532. The first-order valence-corrected chi connectivity index (χ1v) is 10.2. The van der Waals surface area contributed by atoms with Crippen LogP contribution in [0.25, 0.3) is 23.3 Å². The number of terminal acetylenes is 1. The fourth-order valence-electron chi connectivity index (χ4n) is 2.74. The second-order valence-electron chi connectivity index (χ2n) is 7.52. The summed E-state index contributed by atoms with van der Waals surface area (Å²) < 4.78 is 15.6. The van der Waals surface area contributed by atoms with Crippen molar-refractivity contribution in [3.63, 3.8) is 0 Å². The van der Waals surface area contributed by atoms with E-state index >= 15 is 0 Å². The smallest absolute Gasteiger partial charge is 0.258 e. The van der Waals surface area contributed by atoms with Crippen molar-refractivity contribution in [2.45, 2.75) is 39.7 Å². The molecule has 2 N–H and O–H groups in total. The Morgan fingerprint density at radius 2 is 1.61 bits per heavy atom. The standard InChI is InChI=1S/C19H17ClFNO2.C4H10O.C2H2.CH4O/c1-5-12-13(6-2)19(24)22(4)15(9-10-23)16(12)14-8-7-11(3)18(21)17(14)20;1-4(2,3)5;2*1-2/h5-8,10H,1-2,9H2,3-4H3;5H,1-3H3;1-2H;2H,1H3. The number of hydrogen-bond acceptors (Lipinski definition) is 4. The molecule has 0 fully saturated rings. The number of aliphatic hydroxyl groups excluding tert-OH is 1. The number of nitrogens with zero attached hydrogens (tertiary/aromatic N) is 1. The fraction of sp³-hybridized carbons (Fsp3) is 0.308. The Bertz CT molecular complexity index is 1040. The molecule has 0 atom stereocenters. The van der Waals surface area contributed by atoms with Gasteiger partial charge in [-0.05, 0) is 38.8 Å². The Morgan fingerprint density at radius 1 is 1.15 bits per heavy atom. The van der Waals surface area contributed by atoms with Gasteiger partial charge in [0.05, 0.1) is 10.6 Å². The number of benzene rings is 1. The first-order valence-electron chi connectivity index (χ1n) is 9.78. The predicted octanol–water partition coefficient (Wildman–Crippen LogP) is 4.82. The van der Waals surface area contributed by atoms with Crippen LogP contribution < -0.4 is 5.56 Å². The zero-order valence-electron chi connectivity index (χ0n) is 20.1. The van der Waals surface area contributed by atoms with Gasteiger partial charge in [0, 0.05) is 43.0 Å². The highest BCUT2D eigenvalue weighted by Crippen LogP contribution is 2.37. The van der Waals surface area contributed by atoms with E-state index in [1.165, 1.54) is 16.7 Å². The molecular formula is C26H33ClFNO4. The number of carbonyl (C=O) groups excluding carboxylic acids is 1. The van der Waals surface area contributed by atoms with Gasteiger partial charge in [0.15, 0.2) is 0 Å². The van der Waals surface area contributed by atoms with Crippen molar-refractivity contribution in [1.29, 1.82) is 0 Å². The van der Waals surface area contributed by atoms with E-state index in [-0.39, 0.29) is 17.0 Å². The molecule has 2 rings (SSSR count). The third kappa shape index (κ3) is 8.82. The number of aryl methyl sites for hydroxylation is 1. The maximum absolute atomic E-state index is 14.3. The first kappa shape index (κ1) is 32.2. The number of hydrogen-bond donors (Lipinski definition) is 2. The van der Waals surface area contributed by atoms with Gasteiger partial charge >= 0.3 is 0 Å². The van der Waals surface area contributed by atoms with Crippen LogP contribution >= 0.6 is 11.6 Å². The molecule has 1 heterocycles. The minimum atomic E-state index is -0.532. The van der Waals surface area contributed by atoms with Gasteiger partial charge in [0.2, 0.25) is 0 Å². The Kier molecular flexibility index (Phi) is 14.6. The van der Waals surface area contributed by atoms with Crippen LogP contribution in [0.2, 0.25) is 5.02 Å². The average Bonchev–Trinajstić information content (AvgIpc) is 2.77. The lowest BCUT2D eigenvalue weighted by Crippen LogP contribution is -2.25. The van der Waals surface area contributed by atoms with Gasteiger partial charge in [-0.25, -0.2) is 4.39 Å². The average molecular weight is 478 g/mol. The molecule has 0 aliphatic heterocycles. The zero-order chi connectivity index (χ0) is 26.5. The van der Waals surface area contributed by atoms with Gasteiger partial charge in [-0.15, -0.1) is 12.8 Å². The summed E-state index contributed by atoms with van der Waals surface area (Å²) >= 11 is 6.21. The van der Waals surface area contributed by atoms with Crippen molar-refractivity contribution in [1.82, 2.24) is 4.57 Å². The maximum Gasteiger partial charge on any atom is 0.258 e. The molecule has 1 aromatic carbocycles. The Labute approximate surface area is 200 Å². The summed E-state index contributed by atoms with van der Waals surface area (Å²) in [6.07, 6.45) is 11.6. The van der Waals surface area contributed by atoms with E-state index in [0.717, 1.165) is 7.11 Å². The number of carbonyl (C=O) groups is 1. The molecule has 0 unspecified atom stereocenters. The number of aldehydes is 1. The van der Waals surface area contributed by atoms with Gasteiger partial charge in [0.1, 0.15) is 12.1 Å². The molecule has 0 aliphatic carbocycles. The van der Waals surface area contributed by atoms with Gasteiger partial charge in [-0.2, -0.15) is 0 Å². The van der Waals surface area contributed by atoms with Gasteiger partial charge < -0.3 is 19.6 Å². The van der Waals surface area contributed by atoms with Crippen molar-refractivity contribution < 1.29 is 19.4 Å². The van der Waals surface area contributed by atoms with E-state index in [1.54, 1.807) is 46.9 Å². The Hall–Kier alpha value is -2.98. The Morgan fingerprint density at radius 3 is 2.00 bits per heavy atom. The van der Waals surface area contributed by atoms with E-state index in [9.17, 15) is 14.0 Å². The highest BCUT2D eigenvalue weighted by molar-refractivity contribution is 6.33. The highest BCUT2D eigenvalue weighted by Gasteiger charge is 2.21. The normalized spacial score (nSPS) is 9.70. The topological polar surface area (TPSA) is 79.5 Å². The predicted molar refractivity (Wildman–Crippen MR) is 137 cm³/mol. The molecule has 2 aromatic rings. The van der Waals surface area contributed by atoms with Crippen LogP contribution in [0, 0.1) is 25.6 Å². The molecule has 0 radical (unpaired) electrons. The van der Waals surface area contributed by atoms with Crippen molar-refractivity contribution >= 4 is 30.0 Å². The summed E-state index contributed by atoms with van der Waals surface area (Å²) in [6.45, 7) is 14.3. The van der Waals surface area contributed by atoms with Gasteiger partial charge in [-0.1, -0.05) is 49.0 Å². The number of aliphatic hydroxyl groups is 2. The van der Waals surface area contributed by atoms with Crippen molar-refractivity contribution in [3.05, 3.63) is 68.9 Å². The molecule has 0 spiro atoms. The monoisotopic (exact) mass is 477 g/mol. The molecule has 5 nitrogen and oxygen atoms in total. The van der Waals surface area contributed by atoms with Gasteiger partial charge in [0.25, 0.3) is 5.56 Å². The van der Waals surface area contributed by atoms with E-state index in [1.807, 2.05) is 0 Å². The largest absolute Gasteiger partial charge is 0.400 e. The third-order valence-electron chi connectivity index (χ3n) is 4.02. The van der Waals surface area contributed by atoms with E-state index < -0.39 is 11.4 Å². The lowest BCUT2D eigenvalue weighted by Gasteiger charge is -2.19. The summed E-state index contributed by atoms with van der Waals surface area (Å²) in [5.41, 5.74) is 1.78. The second-order valence-corrected chi connectivity index (χ2v) is 7.90. The molecule has 0 bridgehead atoms. The summed E-state index contributed by atoms with van der Waals surface area (Å²) in [6, 6.07) is 3.28. The summed E-state index contributed by atoms with van der Waals surface area (Å²) in [4.78, 5) is 23.6. The van der Waals surface area contributed by atoms with E-state index in [0.29, 0.717) is 39.8 Å². The number of pyridine rings is 1. The minimum absolute atomic E-state index is 0.00877. The highest BCUT2D eigenvalue weighted by atomic mass is 35.5. The summed E-state index contributed by atoms with van der Waals surface area (Å²) in [5, 5.41) is 15.5. The molecular weight excluding hydrogens is 445 g/mol. The number of aromatic nitrogens is 1. The molecule has 7 heteroatoms. The van der Waals surface area contributed by atoms with Crippen molar-refractivity contribution in [2.75, 3.05) is 7.11 Å². The SMILES string of the molecule is C#C.C=Cc1c(-c2ccc(C)c(F)c2Cl)c(CC=O)n(C)c(=O)c1C=C.CC(C)(C)O.CO.